The molecule has 0 aromatic heterocycles. The highest BCUT2D eigenvalue weighted by molar-refractivity contribution is 6.52. The number of oxime groups is 2. The first kappa shape index (κ1) is 12.5. The Morgan fingerprint density at radius 1 is 1.25 bits per heavy atom. The molecule has 0 aliphatic carbocycles. The predicted octanol–water partition coefficient (Wildman–Crippen LogP) is -1.69. The van der Waals surface area contributed by atoms with Gasteiger partial charge in [0.15, 0.2) is 5.96 Å². The van der Waals surface area contributed by atoms with Crippen LogP contribution in [0.2, 0.25) is 0 Å². The maximum atomic E-state index is 10.0. The quantitative estimate of drug-likeness (QED) is 0.146. The van der Waals surface area contributed by atoms with Crippen molar-refractivity contribution in [1.82, 2.24) is 0 Å². The molecule has 0 spiro atoms. The van der Waals surface area contributed by atoms with Crippen LogP contribution in [0.25, 0.3) is 0 Å². The number of nitrogens with zero attached hydrogens (tertiary/aromatic N) is 2. The zero-order valence-corrected chi connectivity index (χ0v) is 6.01. The highest BCUT2D eigenvalue weighted by Crippen LogP contribution is 1.58. The Labute approximate surface area is 67.7 Å². The molecular formula is C4H9N5O3. The van der Waals surface area contributed by atoms with Gasteiger partial charge >= 0.3 is 0 Å². The molecule has 0 aromatic rings. The maximum Gasteiger partial charge on any atom is 0.221 e. The Morgan fingerprint density at radius 3 is 1.67 bits per heavy atom. The van der Waals surface area contributed by atoms with E-state index in [2.05, 4.69) is 21.8 Å². The van der Waals surface area contributed by atoms with Crippen molar-refractivity contribution in [2.75, 3.05) is 0 Å². The van der Waals surface area contributed by atoms with E-state index in [-0.39, 0.29) is 5.96 Å². The molecule has 8 nitrogen and oxygen atoms in total. The first-order valence-corrected chi connectivity index (χ1v) is 2.53. The number of nitrogens with two attached hydrogens (primary N) is 2. The molecule has 0 fully saturated rings. The van der Waals surface area contributed by atoms with Crippen LogP contribution in [-0.2, 0) is 4.79 Å². The Bertz CT molecular complexity index is 181. The molecule has 0 rings (SSSR count). The van der Waals surface area contributed by atoms with Gasteiger partial charge in [0.1, 0.15) is 12.4 Å². The van der Waals surface area contributed by atoms with E-state index in [9.17, 15) is 4.79 Å². The van der Waals surface area contributed by atoms with Crippen molar-refractivity contribution in [3.8, 4) is 0 Å². The lowest BCUT2D eigenvalue weighted by Gasteiger charge is -1.72. The molecule has 0 heterocycles. The van der Waals surface area contributed by atoms with Gasteiger partial charge < -0.3 is 21.9 Å². The van der Waals surface area contributed by atoms with Crippen LogP contribution in [0.1, 0.15) is 0 Å². The number of guanidine groups is 1. The van der Waals surface area contributed by atoms with Crippen LogP contribution in [0.5, 0.6) is 0 Å². The number of ketones is 1. The zero-order valence-electron chi connectivity index (χ0n) is 6.01. The molecule has 0 atom stereocenters. The number of nitrogens with one attached hydrogen (secondary N) is 1. The first-order valence-electron chi connectivity index (χ1n) is 2.53. The molecule has 8 heteroatoms. The highest BCUT2D eigenvalue weighted by atomic mass is 16.4. The molecule has 0 saturated heterocycles. The third kappa shape index (κ3) is 24.8. The summed E-state index contributed by atoms with van der Waals surface area (Å²) in [7, 11) is 0. The van der Waals surface area contributed by atoms with Crippen LogP contribution in [0.15, 0.2) is 10.3 Å². The van der Waals surface area contributed by atoms with E-state index >= 15 is 0 Å². The largest absolute Gasteiger partial charge is 0.411 e. The summed E-state index contributed by atoms with van der Waals surface area (Å²) in [6, 6.07) is 0. The molecule has 0 bridgehead atoms. The lowest BCUT2D eigenvalue weighted by Crippen LogP contribution is -2.20. The normalized spacial score (nSPS) is 9.33. The minimum Gasteiger partial charge on any atom is -0.411 e. The number of carbonyl (C=O) groups is 1. The van der Waals surface area contributed by atoms with Crippen LogP contribution in [0.3, 0.4) is 0 Å². The summed E-state index contributed by atoms with van der Waals surface area (Å²) < 4.78 is 0. The summed E-state index contributed by atoms with van der Waals surface area (Å²) >= 11 is 0. The predicted molar refractivity (Wildman–Crippen MR) is 41.7 cm³/mol. The second-order valence-electron chi connectivity index (χ2n) is 1.35. The smallest absolute Gasteiger partial charge is 0.221 e. The van der Waals surface area contributed by atoms with Gasteiger partial charge in [0.25, 0.3) is 0 Å². The fourth-order valence-corrected chi connectivity index (χ4v) is 0.147. The molecule has 0 radical (unpaired) electrons. The van der Waals surface area contributed by atoms with E-state index < -0.39 is 5.78 Å². The SMILES string of the molecule is N=C(N)N.O=C(C=NO)C=NO. The molecule has 0 aromatic carbocycles. The van der Waals surface area contributed by atoms with Gasteiger partial charge in [0, 0.05) is 0 Å². The Morgan fingerprint density at radius 2 is 1.50 bits per heavy atom. The van der Waals surface area contributed by atoms with Crippen molar-refractivity contribution in [2.24, 2.45) is 21.8 Å². The Kier molecular flexibility index (Phi) is 9.28. The average Bonchev–Trinajstić information content (AvgIpc) is 1.87. The molecule has 12 heavy (non-hydrogen) atoms. The third-order valence-electron chi connectivity index (χ3n) is 0.370. The summed E-state index contributed by atoms with van der Waals surface area (Å²) in [6.45, 7) is 0. The summed E-state index contributed by atoms with van der Waals surface area (Å²) in [4.78, 5) is 10.0. The molecular weight excluding hydrogens is 166 g/mol. The Balaban J connectivity index is 0. The second kappa shape index (κ2) is 8.88. The number of rotatable bonds is 2. The van der Waals surface area contributed by atoms with E-state index in [0.29, 0.717) is 12.4 Å². The molecule has 0 unspecified atom stereocenters. The van der Waals surface area contributed by atoms with Gasteiger partial charge in [0.05, 0.1) is 0 Å². The lowest BCUT2D eigenvalue weighted by molar-refractivity contribution is -0.106. The van der Waals surface area contributed by atoms with Gasteiger partial charge in [-0.3, -0.25) is 10.2 Å². The second-order valence-corrected chi connectivity index (χ2v) is 1.35. The van der Waals surface area contributed by atoms with E-state index in [4.69, 9.17) is 15.8 Å². The molecule has 0 aliphatic rings. The molecule has 7 N–H and O–H groups in total. The van der Waals surface area contributed by atoms with Crippen molar-refractivity contribution in [1.29, 1.82) is 5.41 Å². The van der Waals surface area contributed by atoms with Crippen molar-refractivity contribution in [3.63, 3.8) is 0 Å². The highest BCUT2D eigenvalue weighted by Gasteiger charge is 1.87. The summed E-state index contributed by atoms with van der Waals surface area (Å²) in [6.07, 6.45) is 1.22. The summed E-state index contributed by atoms with van der Waals surface area (Å²) in [5.41, 5.74) is 8.94. The van der Waals surface area contributed by atoms with Gasteiger partial charge in [-0.1, -0.05) is 10.3 Å². The van der Waals surface area contributed by atoms with E-state index in [1.165, 1.54) is 0 Å². The van der Waals surface area contributed by atoms with E-state index in [1.807, 2.05) is 0 Å². The van der Waals surface area contributed by atoms with Crippen molar-refractivity contribution in [3.05, 3.63) is 0 Å². The average molecular weight is 175 g/mol. The van der Waals surface area contributed by atoms with Gasteiger partial charge in [0.2, 0.25) is 5.78 Å². The Hall–Kier alpha value is -2.12. The minimum atomic E-state index is -0.671. The minimum absolute atomic E-state index is 0.333. The fourth-order valence-electron chi connectivity index (χ4n) is 0.147. The molecule has 0 aliphatic heterocycles. The maximum absolute atomic E-state index is 10.0. The standard InChI is InChI=1S/C3H4N2O3.CH5N3/c6-3(1-4-7)2-5-8;2-1(3)4/h1-2,7-8H;(H5,2,3,4). The monoisotopic (exact) mass is 175 g/mol. The van der Waals surface area contributed by atoms with Crippen LogP contribution in [0, 0.1) is 5.41 Å². The zero-order chi connectivity index (χ0) is 9.98. The van der Waals surface area contributed by atoms with Crippen LogP contribution >= 0.6 is 0 Å². The molecule has 68 valence electrons. The van der Waals surface area contributed by atoms with Gasteiger partial charge in [-0.2, -0.15) is 0 Å². The molecule has 0 amide bonds. The number of carbonyl (C=O) groups excluding carboxylic acids is 1. The van der Waals surface area contributed by atoms with Crippen molar-refractivity contribution >= 4 is 24.2 Å². The van der Waals surface area contributed by atoms with E-state index in [0.717, 1.165) is 0 Å². The molecule has 0 saturated carbocycles. The van der Waals surface area contributed by atoms with Crippen LogP contribution < -0.4 is 11.5 Å². The van der Waals surface area contributed by atoms with Crippen molar-refractivity contribution < 1.29 is 15.2 Å². The van der Waals surface area contributed by atoms with Gasteiger partial charge in [-0.25, -0.2) is 0 Å². The van der Waals surface area contributed by atoms with Crippen LogP contribution in [0.4, 0.5) is 0 Å². The summed E-state index contributed by atoms with van der Waals surface area (Å²) in [5, 5.41) is 26.1. The van der Waals surface area contributed by atoms with E-state index in [1.54, 1.807) is 0 Å². The fraction of sp³-hybridized carbons (Fsp3) is 0. The number of Topliss-reactive ketones (excluding diaryl/α,β-unsaturated/α-hetero) is 1. The van der Waals surface area contributed by atoms with Crippen molar-refractivity contribution in [2.45, 2.75) is 0 Å². The van der Waals surface area contributed by atoms with Gasteiger partial charge in [-0.05, 0) is 0 Å². The first-order chi connectivity index (χ1) is 5.54. The number of hydrogen-bond donors (Lipinski definition) is 5. The lowest BCUT2D eigenvalue weighted by atomic mass is 10.5. The van der Waals surface area contributed by atoms with Crippen LogP contribution in [-0.4, -0.2) is 34.6 Å². The number of hydrogen-bond acceptors (Lipinski definition) is 6. The summed E-state index contributed by atoms with van der Waals surface area (Å²) in [5.74, 6) is -1.00. The van der Waals surface area contributed by atoms with Gasteiger partial charge in [-0.15, -0.1) is 0 Å². The third-order valence-corrected chi connectivity index (χ3v) is 0.370. The topological polar surface area (TPSA) is 158 Å².